The number of hydrogen-bond donors (Lipinski definition) is 2. The van der Waals surface area contributed by atoms with E-state index in [9.17, 15) is 10.2 Å². The van der Waals surface area contributed by atoms with Crippen LogP contribution in [-0.4, -0.2) is 22.4 Å². The lowest BCUT2D eigenvalue weighted by Crippen LogP contribution is -2.43. The Labute approximate surface area is 125 Å². The summed E-state index contributed by atoms with van der Waals surface area (Å²) in [5.74, 6) is 1.40. The monoisotopic (exact) mass is 282 g/mol. The molecule has 1 aliphatic rings. The molecule has 0 aromatic heterocycles. The summed E-state index contributed by atoms with van der Waals surface area (Å²) in [6.45, 7) is 8.67. The molecule has 0 aromatic rings. The van der Waals surface area contributed by atoms with Gasteiger partial charge in [0.05, 0.1) is 12.2 Å². The third-order valence-corrected chi connectivity index (χ3v) is 4.95. The molecule has 1 aliphatic carbocycles. The number of aliphatic hydroxyl groups excluding tert-OH is 2. The van der Waals surface area contributed by atoms with Crippen LogP contribution in [0.2, 0.25) is 0 Å². The van der Waals surface area contributed by atoms with Gasteiger partial charge in [-0.3, -0.25) is 0 Å². The standard InChI is InChI=1S/C18H34O2/c1-5-14-10-8-12-16(19)17(14)18(20)15(6-2)11-7-9-13(3)4/h7,9,13-20H,5-6,8,10-12H2,1-4H3/b9-7+/t14?,15-,16?,17?,18?/m0/s1. The molecule has 1 rings (SSSR count). The van der Waals surface area contributed by atoms with Crippen molar-refractivity contribution in [1.29, 1.82) is 0 Å². The zero-order valence-electron chi connectivity index (χ0n) is 13.8. The molecule has 2 nitrogen and oxygen atoms in total. The Morgan fingerprint density at radius 3 is 2.45 bits per heavy atom. The minimum absolute atomic E-state index is 0.0751. The van der Waals surface area contributed by atoms with Crippen LogP contribution in [0.3, 0.4) is 0 Å². The fourth-order valence-electron chi connectivity index (χ4n) is 3.66. The summed E-state index contributed by atoms with van der Waals surface area (Å²) in [6.07, 6.45) is 9.83. The van der Waals surface area contributed by atoms with Crippen molar-refractivity contribution in [2.45, 2.75) is 78.4 Å². The molecule has 5 atom stereocenters. The maximum Gasteiger partial charge on any atom is 0.0626 e. The first-order valence-electron chi connectivity index (χ1n) is 8.53. The van der Waals surface area contributed by atoms with Crippen molar-refractivity contribution >= 4 is 0 Å². The van der Waals surface area contributed by atoms with Crippen molar-refractivity contribution < 1.29 is 10.2 Å². The first-order valence-corrected chi connectivity index (χ1v) is 8.53. The number of rotatable bonds is 7. The van der Waals surface area contributed by atoms with Crippen molar-refractivity contribution in [2.24, 2.45) is 23.7 Å². The molecule has 0 saturated heterocycles. The summed E-state index contributed by atoms with van der Waals surface area (Å²) in [4.78, 5) is 0. The Morgan fingerprint density at radius 1 is 1.20 bits per heavy atom. The molecule has 2 heteroatoms. The first-order chi connectivity index (χ1) is 9.51. The Balaban J connectivity index is 2.69. The molecule has 0 radical (unpaired) electrons. The van der Waals surface area contributed by atoms with Gasteiger partial charge in [0.15, 0.2) is 0 Å². The van der Waals surface area contributed by atoms with Crippen LogP contribution in [0.1, 0.15) is 66.2 Å². The van der Waals surface area contributed by atoms with Crippen LogP contribution < -0.4 is 0 Å². The van der Waals surface area contributed by atoms with Crippen molar-refractivity contribution in [2.75, 3.05) is 0 Å². The van der Waals surface area contributed by atoms with Gasteiger partial charge in [0.25, 0.3) is 0 Å². The molecule has 1 fully saturated rings. The second kappa shape index (κ2) is 8.84. The van der Waals surface area contributed by atoms with E-state index in [4.69, 9.17) is 0 Å². The summed E-state index contributed by atoms with van der Waals surface area (Å²) in [5.41, 5.74) is 0. The lowest BCUT2D eigenvalue weighted by molar-refractivity contribution is -0.0682. The van der Waals surface area contributed by atoms with Crippen LogP contribution in [0, 0.1) is 23.7 Å². The molecule has 0 aliphatic heterocycles. The van der Waals surface area contributed by atoms with Crippen LogP contribution >= 0.6 is 0 Å². The largest absolute Gasteiger partial charge is 0.393 e. The molecule has 0 bridgehead atoms. The molecular formula is C18H34O2. The average Bonchev–Trinajstić information content (AvgIpc) is 2.42. The highest BCUT2D eigenvalue weighted by atomic mass is 16.3. The van der Waals surface area contributed by atoms with Gasteiger partial charge in [-0.25, -0.2) is 0 Å². The van der Waals surface area contributed by atoms with Gasteiger partial charge in [-0.15, -0.1) is 0 Å². The summed E-state index contributed by atoms with van der Waals surface area (Å²) >= 11 is 0. The number of aliphatic hydroxyl groups is 2. The lowest BCUT2D eigenvalue weighted by atomic mass is 9.69. The van der Waals surface area contributed by atoms with Crippen molar-refractivity contribution in [3.05, 3.63) is 12.2 Å². The zero-order valence-corrected chi connectivity index (χ0v) is 13.8. The maximum atomic E-state index is 10.8. The van der Waals surface area contributed by atoms with Gasteiger partial charge >= 0.3 is 0 Å². The minimum atomic E-state index is -0.364. The molecule has 2 N–H and O–H groups in total. The Bertz CT molecular complexity index is 285. The molecule has 0 amide bonds. The maximum absolute atomic E-state index is 10.8. The molecule has 118 valence electrons. The summed E-state index contributed by atoms with van der Waals surface area (Å²) < 4.78 is 0. The molecular weight excluding hydrogens is 248 g/mol. The van der Waals surface area contributed by atoms with E-state index in [-0.39, 0.29) is 24.0 Å². The van der Waals surface area contributed by atoms with Gasteiger partial charge in [-0.05, 0) is 37.0 Å². The third kappa shape index (κ3) is 4.89. The summed E-state index contributed by atoms with van der Waals surface area (Å²) in [6, 6.07) is 0. The SMILES string of the molecule is CCC1CCCC(O)C1C(O)[C@@H](CC)C/C=C/C(C)C. The molecule has 4 unspecified atom stereocenters. The third-order valence-electron chi connectivity index (χ3n) is 4.95. The second-order valence-electron chi connectivity index (χ2n) is 6.81. The normalized spacial score (nSPS) is 30.9. The van der Waals surface area contributed by atoms with Gasteiger partial charge in [-0.2, -0.15) is 0 Å². The first kappa shape index (κ1) is 17.7. The van der Waals surface area contributed by atoms with Crippen LogP contribution in [0.5, 0.6) is 0 Å². The van der Waals surface area contributed by atoms with Gasteiger partial charge < -0.3 is 10.2 Å². The van der Waals surface area contributed by atoms with E-state index in [2.05, 4.69) is 39.8 Å². The highest BCUT2D eigenvalue weighted by molar-refractivity contribution is 4.93. The predicted octanol–water partition coefficient (Wildman–Crippen LogP) is 4.16. The smallest absolute Gasteiger partial charge is 0.0626 e. The molecule has 0 heterocycles. The van der Waals surface area contributed by atoms with Crippen LogP contribution in [-0.2, 0) is 0 Å². The zero-order chi connectivity index (χ0) is 15.1. The Hall–Kier alpha value is -0.340. The number of hydrogen-bond acceptors (Lipinski definition) is 2. The average molecular weight is 282 g/mol. The molecule has 20 heavy (non-hydrogen) atoms. The summed E-state index contributed by atoms with van der Waals surface area (Å²) in [5, 5.41) is 21.1. The van der Waals surface area contributed by atoms with E-state index >= 15 is 0 Å². The quantitative estimate of drug-likeness (QED) is 0.688. The fourth-order valence-corrected chi connectivity index (χ4v) is 3.66. The van der Waals surface area contributed by atoms with Gasteiger partial charge in [0, 0.05) is 5.92 Å². The van der Waals surface area contributed by atoms with Gasteiger partial charge in [0.1, 0.15) is 0 Å². The van der Waals surface area contributed by atoms with Gasteiger partial charge in [0.2, 0.25) is 0 Å². The molecule has 1 saturated carbocycles. The highest BCUT2D eigenvalue weighted by Crippen LogP contribution is 2.38. The van der Waals surface area contributed by atoms with E-state index in [1.54, 1.807) is 0 Å². The fraction of sp³-hybridized carbons (Fsp3) is 0.889. The number of allylic oxidation sites excluding steroid dienone is 2. The van der Waals surface area contributed by atoms with E-state index < -0.39 is 0 Å². The van der Waals surface area contributed by atoms with Crippen LogP contribution in [0.4, 0.5) is 0 Å². The van der Waals surface area contributed by atoms with Crippen molar-refractivity contribution in [1.82, 2.24) is 0 Å². The van der Waals surface area contributed by atoms with E-state index in [0.29, 0.717) is 11.8 Å². The summed E-state index contributed by atoms with van der Waals surface area (Å²) in [7, 11) is 0. The molecule has 0 spiro atoms. The minimum Gasteiger partial charge on any atom is -0.393 e. The van der Waals surface area contributed by atoms with E-state index in [1.165, 1.54) is 0 Å². The van der Waals surface area contributed by atoms with Crippen LogP contribution in [0.15, 0.2) is 12.2 Å². The highest BCUT2D eigenvalue weighted by Gasteiger charge is 2.38. The topological polar surface area (TPSA) is 40.5 Å². The van der Waals surface area contributed by atoms with E-state index in [0.717, 1.165) is 38.5 Å². The van der Waals surface area contributed by atoms with Crippen molar-refractivity contribution in [3.8, 4) is 0 Å². The lowest BCUT2D eigenvalue weighted by Gasteiger charge is -2.40. The van der Waals surface area contributed by atoms with Crippen molar-refractivity contribution in [3.63, 3.8) is 0 Å². The Morgan fingerprint density at radius 2 is 1.90 bits per heavy atom. The van der Waals surface area contributed by atoms with Gasteiger partial charge in [-0.1, -0.05) is 59.1 Å². The Kier molecular flexibility index (Phi) is 7.83. The van der Waals surface area contributed by atoms with Crippen LogP contribution in [0.25, 0.3) is 0 Å². The predicted molar refractivity (Wildman–Crippen MR) is 85.5 cm³/mol. The second-order valence-corrected chi connectivity index (χ2v) is 6.81. The molecule has 0 aromatic carbocycles. The van der Waals surface area contributed by atoms with E-state index in [1.807, 2.05) is 0 Å².